The van der Waals surface area contributed by atoms with E-state index < -0.39 is 5.97 Å². The molecule has 0 radical (unpaired) electrons. The van der Waals surface area contributed by atoms with Gasteiger partial charge < -0.3 is 9.84 Å². The summed E-state index contributed by atoms with van der Waals surface area (Å²) in [7, 11) is 0. The molecule has 0 fully saturated rings. The van der Waals surface area contributed by atoms with Gasteiger partial charge in [0.1, 0.15) is 12.4 Å². The van der Waals surface area contributed by atoms with E-state index in [-0.39, 0.29) is 17.4 Å². The second kappa shape index (κ2) is 6.96. The highest BCUT2D eigenvalue weighted by atomic mass is 32.1. The lowest BCUT2D eigenvalue weighted by Gasteiger charge is -2.00. The topological polar surface area (TPSA) is 46.5 Å². The molecule has 0 bridgehead atoms. The van der Waals surface area contributed by atoms with Crippen molar-refractivity contribution < 1.29 is 14.6 Å². The van der Waals surface area contributed by atoms with Crippen molar-refractivity contribution in [3.05, 3.63) is 51.7 Å². The van der Waals surface area contributed by atoms with Crippen molar-refractivity contribution in [3.63, 3.8) is 0 Å². The number of hydrogen-bond donors (Lipinski definition) is 1. The van der Waals surface area contributed by atoms with Crippen LogP contribution >= 0.6 is 11.3 Å². The second-order valence-electron chi connectivity index (χ2n) is 4.76. The predicted octanol–water partition coefficient (Wildman–Crippen LogP) is 4.00. The Hall–Kier alpha value is -2.25. The normalized spacial score (nSPS) is 10.0. The Morgan fingerprint density at radius 3 is 2.67 bits per heavy atom. The van der Waals surface area contributed by atoms with Gasteiger partial charge in [-0.25, -0.2) is 4.79 Å². The number of ether oxygens (including phenoxy) is 1. The number of carboxylic acids is 1. The van der Waals surface area contributed by atoms with E-state index >= 15 is 0 Å². The van der Waals surface area contributed by atoms with E-state index in [0.717, 1.165) is 10.4 Å². The number of hydrogen-bond acceptors (Lipinski definition) is 3. The van der Waals surface area contributed by atoms with Crippen molar-refractivity contribution in [1.29, 1.82) is 0 Å². The first-order valence-corrected chi connectivity index (χ1v) is 7.43. The fourth-order valence-corrected chi connectivity index (χ4v) is 2.65. The lowest BCUT2D eigenvalue weighted by Crippen LogP contribution is -1.99. The first-order chi connectivity index (χ1) is 10.1. The van der Waals surface area contributed by atoms with Gasteiger partial charge in [-0.3, -0.25) is 0 Å². The standard InChI is InChI=1S/C17H16O3S/c1-12(2)15-11-14(16(21-15)17(18)19)20-10-6-9-13-7-4-3-5-8-13/h3-5,7-8,11-12H,10H2,1-2H3,(H,18,19). The van der Waals surface area contributed by atoms with Gasteiger partial charge in [0.25, 0.3) is 0 Å². The SMILES string of the molecule is CC(C)c1cc(OCC#Cc2ccccc2)c(C(=O)O)s1. The molecule has 0 aliphatic carbocycles. The third kappa shape index (κ3) is 4.11. The fourth-order valence-electron chi connectivity index (χ4n) is 1.71. The summed E-state index contributed by atoms with van der Waals surface area (Å²) < 4.78 is 5.51. The third-order valence-electron chi connectivity index (χ3n) is 2.79. The minimum Gasteiger partial charge on any atom is -0.479 e. The highest BCUT2D eigenvalue weighted by Gasteiger charge is 2.17. The molecule has 1 heterocycles. The number of benzene rings is 1. The van der Waals surface area contributed by atoms with Crippen LogP contribution in [0.4, 0.5) is 0 Å². The summed E-state index contributed by atoms with van der Waals surface area (Å²) in [5.41, 5.74) is 0.910. The minimum atomic E-state index is -0.960. The van der Waals surface area contributed by atoms with Crippen molar-refractivity contribution in [2.45, 2.75) is 19.8 Å². The maximum absolute atomic E-state index is 11.2. The van der Waals surface area contributed by atoms with Crippen LogP contribution in [0.1, 0.15) is 39.9 Å². The molecule has 0 atom stereocenters. The molecule has 0 aliphatic heterocycles. The van der Waals surface area contributed by atoms with Crippen molar-refractivity contribution in [3.8, 4) is 17.6 Å². The molecule has 0 unspecified atom stereocenters. The lowest BCUT2D eigenvalue weighted by molar-refractivity contribution is 0.0698. The van der Waals surface area contributed by atoms with Crippen LogP contribution in [0.5, 0.6) is 5.75 Å². The maximum Gasteiger partial charge on any atom is 0.349 e. The zero-order valence-corrected chi connectivity index (χ0v) is 12.7. The molecule has 21 heavy (non-hydrogen) atoms. The molecule has 0 spiro atoms. The van der Waals surface area contributed by atoms with E-state index in [0.29, 0.717) is 5.75 Å². The summed E-state index contributed by atoms with van der Waals surface area (Å²) in [6.45, 7) is 4.22. The van der Waals surface area contributed by atoms with Crippen LogP contribution in [0.3, 0.4) is 0 Å². The van der Waals surface area contributed by atoms with Crippen molar-refractivity contribution in [2.75, 3.05) is 6.61 Å². The molecule has 1 aromatic heterocycles. The van der Waals surface area contributed by atoms with Gasteiger partial charge in [0, 0.05) is 10.4 Å². The smallest absolute Gasteiger partial charge is 0.349 e. The van der Waals surface area contributed by atoms with Crippen LogP contribution in [-0.4, -0.2) is 17.7 Å². The number of aromatic carboxylic acids is 1. The molecule has 0 aliphatic rings. The van der Waals surface area contributed by atoms with E-state index in [2.05, 4.69) is 11.8 Å². The Morgan fingerprint density at radius 1 is 1.33 bits per heavy atom. The molecule has 108 valence electrons. The zero-order chi connectivity index (χ0) is 15.2. The largest absolute Gasteiger partial charge is 0.479 e. The summed E-state index contributed by atoms with van der Waals surface area (Å²) in [4.78, 5) is 12.4. The fraction of sp³-hybridized carbons (Fsp3) is 0.235. The summed E-state index contributed by atoms with van der Waals surface area (Å²) in [5.74, 6) is 5.59. The summed E-state index contributed by atoms with van der Waals surface area (Å²) >= 11 is 1.26. The molecule has 4 heteroatoms. The van der Waals surface area contributed by atoms with Crippen molar-refractivity contribution in [2.24, 2.45) is 0 Å². The average molecular weight is 300 g/mol. The van der Waals surface area contributed by atoms with E-state index in [1.54, 1.807) is 6.07 Å². The minimum absolute atomic E-state index is 0.170. The number of carboxylic acid groups (broad SMARTS) is 1. The quantitative estimate of drug-likeness (QED) is 0.868. The summed E-state index contributed by atoms with van der Waals surface area (Å²) in [5, 5.41) is 9.19. The van der Waals surface area contributed by atoms with Crippen LogP contribution in [0, 0.1) is 11.8 Å². The summed E-state index contributed by atoms with van der Waals surface area (Å²) in [6, 6.07) is 11.4. The van der Waals surface area contributed by atoms with Crippen LogP contribution < -0.4 is 4.74 Å². The van der Waals surface area contributed by atoms with E-state index in [4.69, 9.17) is 4.74 Å². The number of thiophene rings is 1. The molecule has 0 saturated heterocycles. The molecular formula is C17H16O3S. The molecule has 2 rings (SSSR count). The second-order valence-corrected chi connectivity index (χ2v) is 5.84. The highest BCUT2D eigenvalue weighted by molar-refractivity contribution is 7.14. The Labute approximate surface area is 128 Å². The molecule has 2 aromatic rings. The van der Waals surface area contributed by atoms with Crippen molar-refractivity contribution >= 4 is 17.3 Å². The maximum atomic E-state index is 11.2. The first-order valence-electron chi connectivity index (χ1n) is 6.61. The molecule has 3 nitrogen and oxygen atoms in total. The van der Waals surface area contributed by atoms with Crippen LogP contribution in [0.15, 0.2) is 36.4 Å². The van der Waals surface area contributed by atoms with Gasteiger partial charge in [0.2, 0.25) is 0 Å². The lowest BCUT2D eigenvalue weighted by atomic mass is 10.2. The van der Waals surface area contributed by atoms with Gasteiger partial charge in [-0.2, -0.15) is 0 Å². The molecule has 0 saturated carbocycles. The van der Waals surface area contributed by atoms with Gasteiger partial charge in [-0.15, -0.1) is 11.3 Å². The Kier molecular flexibility index (Phi) is 5.02. The number of carbonyl (C=O) groups is 1. The Balaban J connectivity index is 2.06. The average Bonchev–Trinajstić information content (AvgIpc) is 2.89. The summed E-state index contributed by atoms with van der Waals surface area (Å²) in [6.07, 6.45) is 0. The predicted molar refractivity (Wildman–Crippen MR) is 84.2 cm³/mol. The first kappa shape index (κ1) is 15.1. The van der Waals surface area contributed by atoms with Crippen molar-refractivity contribution in [1.82, 2.24) is 0 Å². The Bertz CT molecular complexity index is 675. The zero-order valence-electron chi connectivity index (χ0n) is 11.9. The van der Waals surface area contributed by atoms with E-state index in [1.807, 2.05) is 44.2 Å². The van der Waals surface area contributed by atoms with Crippen LogP contribution in [0.25, 0.3) is 0 Å². The van der Waals surface area contributed by atoms with Gasteiger partial charge in [0.15, 0.2) is 4.88 Å². The molecular weight excluding hydrogens is 284 g/mol. The molecule has 1 aromatic carbocycles. The number of rotatable bonds is 4. The van der Waals surface area contributed by atoms with Gasteiger partial charge in [-0.05, 0) is 24.1 Å². The molecule has 1 N–H and O–H groups in total. The molecule has 0 amide bonds. The monoisotopic (exact) mass is 300 g/mol. The van der Waals surface area contributed by atoms with Gasteiger partial charge in [0.05, 0.1) is 0 Å². The van der Waals surface area contributed by atoms with Crippen LogP contribution in [-0.2, 0) is 0 Å². The van der Waals surface area contributed by atoms with Gasteiger partial charge in [-0.1, -0.05) is 43.9 Å². The van der Waals surface area contributed by atoms with Crippen LogP contribution in [0.2, 0.25) is 0 Å². The third-order valence-corrected chi connectivity index (χ3v) is 4.19. The Morgan fingerprint density at radius 2 is 2.05 bits per heavy atom. The van der Waals surface area contributed by atoms with E-state index in [1.165, 1.54) is 11.3 Å². The van der Waals surface area contributed by atoms with Gasteiger partial charge >= 0.3 is 5.97 Å². The highest BCUT2D eigenvalue weighted by Crippen LogP contribution is 2.33. The van der Waals surface area contributed by atoms with E-state index in [9.17, 15) is 9.90 Å².